The Morgan fingerprint density at radius 2 is 1.95 bits per heavy atom. The van der Waals surface area contributed by atoms with Crippen LogP contribution in [-0.2, 0) is 18.4 Å². The van der Waals surface area contributed by atoms with Crippen molar-refractivity contribution in [3.63, 3.8) is 0 Å². The van der Waals surface area contributed by atoms with Gasteiger partial charge in [-0.2, -0.15) is 0 Å². The third kappa shape index (κ3) is 2.02. The lowest BCUT2D eigenvalue weighted by Gasteiger charge is -2.31. The number of aliphatic hydroxyl groups is 1. The molecule has 0 aromatic carbocycles. The summed E-state index contributed by atoms with van der Waals surface area (Å²) in [6.07, 6.45) is 1.41. The van der Waals surface area contributed by atoms with E-state index < -0.39 is 0 Å². The number of aromatic nitrogens is 1. The number of fused-ring (bicyclic) bond motifs is 1. The van der Waals surface area contributed by atoms with Crippen molar-refractivity contribution in [3.05, 3.63) is 34.3 Å². The van der Waals surface area contributed by atoms with Crippen molar-refractivity contribution in [2.45, 2.75) is 13.5 Å². The van der Waals surface area contributed by atoms with E-state index in [2.05, 4.69) is 0 Å². The Balaban J connectivity index is 2.09. The van der Waals surface area contributed by atoms with E-state index in [1.54, 1.807) is 18.5 Å². The van der Waals surface area contributed by atoms with E-state index in [1.165, 1.54) is 6.08 Å². The summed E-state index contributed by atoms with van der Waals surface area (Å²) in [6.45, 7) is 3.85. The lowest BCUT2D eigenvalue weighted by molar-refractivity contribution is 0.0500. The molecule has 0 bridgehead atoms. The molecular formula is C15H18N2O4. The summed E-state index contributed by atoms with van der Waals surface area (Å²) in [4.78, 5) is 27.1. The van der Waals surface area contributed by atoms with Gasteiger partial charge < -0.3 is 19.3 Å². The molecule has 0 atom stereocenters. The number of aliphatic hydroxyl groups excluding tert-OH is 1. The van der Waals surface area contributed by atoms with Crippen LogP contribution in [0.1, 0.15) is 32.1 Å². The van der Waals surface area contributed by atoms with Crippen LogP contribution in [0.2, 0.25) is 0 Å². The van der Waals surface area contributed by atoms with Gasteiger partial charge in [0.25, 0.3) is 0 Å². The Bertz CT molecular complexity index is 651. The second kappa shape index (κ2) is 5.13. The second-order valence-electron chi connectivity index (χ2n) is 5.33. The van der Waals surface area contributed by atoms with Crippen molar-refractivity contribution in [1.82, 2.24) is 9.47 Å². The molecule has 1 aliphatic heterocycles. The summed E-state index contributed by atoms with van der Waals surface area (Å²) < 4.78 is 6.97. The Hall–Kier alpha value is -1.92. The van der Waals surface area contributed by atoms with Gasteiger partial charge in [-0.15, -0.1) is 0 Å². The summed E-state index contributed by atoms with van der Waals surface area (Å²) >= 11 is 0. The van der Waals surface area contributed by atoms with Crippen molar-refractivity contribution in [1.29, 1.82) is 0 Å². The molecule has 6 nitrogen and oxygen atoms in total. The third-order valence-electron chi connectivity index (χ3n) is 4.28. The molecule has 1 N–H and O–H groups in total. The van der Waals surface area contributed by atoms with Gasteiger partial charge in [-0.3, -0.25) is 9.59 Å². The van der Waals surface area contributed by atoms with Gasteiger partial charge in [0.1, 0.15) is 5.69 Å². The zero-order valence-electron chi connectivity index (χ0n) is 12.2. The summed E-state index contributed by atoms with van der Waals surface area (Å²) in [5.41, 5.74) is 2.44. The highest BCUT2D eigenvalue weighted by Crippen LogP contribution is 2.30. The summed E-state index contributed by atoms with van der Waals surface area (Å²) in [7, 11) is 1.74. The summed E-state index contributed by atoms with van der Waals surface area (Å²) in [6, 6.07) is 0. The molecule has 21 heavy (non-hydrogen) atoms. The van der Waals surface area contributed by atoms with Gasteiger partial charge in [0.15, 0.2) is 0 Å². The van der Waals surface area contributed by atoms with Gasteiger partial charge in [-0.25, -0.2) is 0 Å². The van der Waals surface area contributed by atoms with Gasteiger partial charge in [0, 0.05) is 37.5 Å². The highest BCUT2D eigenvalue weighted by atomic mass is 16.5. The summed E-state index contributed by atoms with van der Waals surface area (Å²) in [5, 5.41) is 9.56. The Morgan fingerprint density at radius 3 is 2.57 bits per heavy atom. The van der Waals surface area contributed by atoms with Crippen LogP contribution in [0.15, 0.2) is 11.8 Å². The van der Waals surface area contributed by atoms with E-state index >= 15 is 0 Å². The number of nitrogens with zero attached hydrogens (tertiary/aromatic N) is 2. The predicted molar refractivity (Wildman–Crippen MR) is 75.2 cm³/mol. The third-order valence-corrected chi connectivity index (χ3v) is 4.28. The van der Waals surface area contributed by atoms with E-state index in [0.29, 0.717) is 48.8 Å². The van der Waals surface area contributed by atoms with Crippen LogP contribution < -0.4 is 0 Å². The number of morpholine rings is 1. The Labute approximate surface area is 122 Å². The van der Waals surface area contributed by atoms with Crippen LogP contribution in [0, 0.1) is 6.92 Å². The molecule has 0 unspecified atom stereocenters. The smallest absolute Gasteiger partial charge is 0.211 e. The van der Waals surface area contributed by atoms with Crippen LogP contribution in [-0.4, -0.2) is 52.4 Å². The number of carbonyl (C=O) groups is 2. The minimum atomic E-state index is -0.246. The molecule has 1 aliphatic carbocycles. The first-order valence-electron chi connectivity index (χ1n) is 6.98. The highest BCUT2D eigenvalue weighted by molar-refractivity contribution is 6.24. The Kier molecular flexibility index (Phi) is 3.43. The highest BCUT2D eigenvalue weighted by Gasteiger charge is 2.35. The Morgan fingerprint density at radius 1 is 1.29 bits per heavy atom. The second-order valence-corrected chi connectivity index (χ2v) is 5.33. The number of ether oxygens (including phenoxy) is 1. The van der Waals surface area contributed by atoms with E-state index in [4.69, 9.17) is 4.74 Å². The quantitative estimate of drug-likeness (QED) is 0.855. The molecule has 0 radical (unpaired) electrons. The van der Waals surface area contributed by atoms with Gasteiger partial charge >= 0.3 is 0 Å². The lowest BCUT2D eigenvalue weighted by atomic mass is 9.94. The molecule has 6 heteroatoms. The number of hydrogen-bond donors (Lipinski definition) is 1. The number of hydrogen-bond acceptors (Lipinski definition) is 5. The van der Waals surface area contributed by atoms with Crippen molar-refractivity contribution in [3.8, 4) is 0 Å². The number of ketones is 2. The van der Waals surface area contributed by atoms with E-state index in [9.17, 15) is 14.7 Å². The number of rotatable bonds is 2. The number of Topliss-reactive ketones (excluding diaryl/α,β-unsaturated/α-hetero) is 1. The maximum absolute atomic E-state index is 12.8. The molecule has 2 heterocycles. The fourth-order valence-electron chi connectivity index (χ4n) is 3.01. The van der Waals surface area contributed by atoms with Crippen LogP contribution in [0.3, 0.4) is 0 Å². The minimum absolute atomic E-state index is 0.181. The van der Waals surface area contributed by atoms with E-state index in [1.807, 2.05) is 4.90 Å². The minimum Gasteiger partial charge on any atom is -0.392 e. The topological polar surface area (TPSA) is 71.8 Å². The zero-order chi connectivity index (χ0) is 15.1. The molecule has 1 aromatic heterocycles. The normalized spacial score (nSPS) is 18.8. The van der Waals surface area contributed by atoms with Crippen LogP contribution in [0.25, 0.3) is 0 Å². The molecule has 1 aromatic rings. The van der Waals surface area contributed by atoms with Crippen LogP contribution >= 0.6 is 0 Å². The van der Waals surface area contributed by atoms with Crippen molar-refractivity contribution >= 4 is 11.6 Å². The van der Waals surface area contributed by atoms with Crippen LogP contribution in [0.5, 0.6) is 0 Å². The molecule has 3 rings (SSSR count). The first-order chi connectivity index (χ1) is 10.1. The van der Waals surface area contributed by atoms with E-state index in [-0.39, 0.29) is 18.2 Å². The first kappa shape index (κ1) is 14.0. The molecule has 2 aliphatic rings. The van der Waals surface area contributed by atoms with E-state index in [0.717, 1.165) is 5.69 Å². The molecular weight excluding hydrogens is 272 g/mol. The SMILES string of the molecule is Cc1c(CO)c2c(n1C)C(=O)C=C(N1CCOCC1)C2=O. The largest absolute Gasteiger partial charge is 0.392 e. The van der Waals surface area contributed by atoms with Crippen molar-refractivity contribution < 1.29 is 19.4 Å². The average molecular weight is 290 g/mol. The molecule has 0 amide bonds. The fourth-order valence-corrected chi connectivity index (χ4v) is 3.01. The molecule has 1 fully saturated rings. The standard InChI is InChI=1S/C15H18N2O4/c1-9-10(8-18)13-14(16(9)2)12(19)7-11(15(13)20)17-3-5-21-6-4-17/h7,18H,3-6,8H2,1-2H3. The van der Waals surface area contributed by atoms with Gasteiger partial charge in [-0.05, 0) is 6.92 Å². The maximum atomic E-state index is 12.8. The molecule has 1 saturated heterocycles. The van der Waals surface area contributed by atoms with Crippen LogP contribution in [0.4, 0.5) is 0 Å². The molecule has 0 spiro atoms. The van der Waals surface area contributed by atoms with Gasteiger partial charge in [0.2, 0.25) is 11.6 Å². The fraction of sp³-hybridized carbons (Fsp3) is 0.467. The maximum Gasteiger partial charge on any atom is 0.211 e. The predicted octanol–water partition coefficient (Wildman–Crippen LogP) is 0.421. The number of allylic oxidation sites excluding steroid dienone is 2. The zero-order valence-corrected chi connectivity index (χ0v) is 12.2. The number of carbonyl (C=O) groups excluding carboxylic acids is 2. The van der Waals surface area contributed by atoms with Gasteiger partial charge in [-0.1, -0.05) is 0 Å². The molecule has 0 saturated carbocycles. The summed E-state index contributed by atoms with van der Waals surface area (Å²) in [5.74, 6) is -0.365. The van der Waals surface area contributed by atoms with Crippen molar-refractivity contribution in [2.24, 2.45) is 7.05 Å². The van der Waals surface area contributed by atoms with Gasteiger partial charge in [0.05, 0.1) is 31.1 Å². The molecule has 112 valence electrons. The monoisotopic (exact) mass is 290 g/mol. The first-order valence-corrected chi connectivity index (χ1v) is 6.98. The lowest BCUT2D eigenvalue weighted by Crippen LogP contribution is -2.40. The average Bonchev–Trinajstić information content (AvgIpc) is 2.76. The van der Waals surface area contributed by atoms with Crippen molar-refractivity contribution in [2.75, 3.05) is 26.3 Å².